The van der Waals surface area contributed by atoms with Gasteiger partial charge < -0.3 is 13.7 Å². The Morgan fingerprint density at radius 3 is 1.28 bits per heavy atom. The maximum atomic E-state index is 7.04. The van der Waals surface area contributed by atoms with E-state index in [1.165, 1.54) is 27.5 Å². The van der Waals surface area contributed by atoms with Gasteiger partial charge in [0.15, 0.2) is 0 Å². The maximum absolute atomic E-state index is 7.04. The van der Waals surface area contributed by atoms with E-state index < -0.39 is 0 Å². The van der Waals surface area contributed by atoms with E-state index in [1.54, 1.807) is 0 Å². The van der Waals surface area contributed by atoms with Gasteiger partial charge in [0.2, 0.25) is 0 Å². The van der Waals surface area contributed by atoms with Crippen molar-refractivity contribution in [2.24, 2.45) is 0 Å². The molecule has 13 rings (SSSR count). The molecule has 0 N–H and O–H groups in total. The van der Waals surface area contributed by atoms with Gasteiger partial charge in [-0.3, -0.25) is 0 Å². The van der Waals surface area contributed by atoms with Crippen LogP contribution in [0, 0.1) is 0 Å². The molecule has 0 fully saturated rings. The van der Waals surface area contributed by atoms with E-state index in [0.717, 1.165) is 99.9 Å². The Balaban J connectivity index is 1.03. The van der Waals surface area contributed by atoms with Crippen molar-refractivity contribution >= 4 is 71.7 Å². The summed E-state index contributed by atoms with van der Waals surface area (Å²) in [6.07, 6.45) is 0. The molecule has 0 amide bonds. The Hall–Kier alpha value is -8.92. The molecular weight excluding hydrogens is 815 g/mol. The van der Waals surface area contributed by atoms with Crippen LogP contribution in [-0.2, 0) is 0 Å². The van der Waals surface area contributed by atoms with Gasteiger partial charge >= 0.3 is 0 Å². The molecule has 0 spiro atoms. The van der Waals surface area contributed by atoms with Crippen molar-refractivity contribution in [1.29, 1.82) is 0 Å². The summed E-state index contributed by atoms with van der Waals surface area (Å²) in [4.78, 5) is 2.36. The molecule has 314 valence electrons. The molecule has 11 aromatic carbocycles. The van der Waals surface area contributed by atoms with Crippen LogP contribution in [0.25, 0.3) is 110 Å². The van der Waals surface area contributed by atoms with Crippen molar-refractivity contribution in [3.63, 3.8) is 0 Å². The molecule has 0 unspecified atom stereocenters. The Labute approximate surface area is 388 Å². The quantitative estimate of drug-likeness (QED) is 0.152. The van der Waals surface area contributed by atoms with Gasteiger partial charge in [0, 0.05) is 39.2 Å². The number of fused-ring (bicyclic) bond motifs is 7. The normalized spacial score (nSPS) is 11.6. The van der Waals surface area contributed by atoms with Gasteiger partial charge in [0.25, 0.3) is 0 Å². The highest BCUT2D eigenvalue weighted by molar-refractivity contribution is 6.18. The van der Waals surface area contributed by atoms with Crippen molar-refractivity contribution < 1.29 is 8.83 Å². The van der Waals surface area contributed by atoms with E-state index in [-0.39, 0.29) is 0 Å². The van der Waals surface area contributed by atoms with Gasteiger partial charge in [-0.25, -0.2) is 0 Å². The number of hydrogen-bond acceptors (Lipinski definition) is 3. The second-order valence-electron chi connectivity index (χ2n) is 17.2. The molecule has 0 aliphatic heterocycles. The maximum Gasteiger partial charge on any atom is 0.145 e. The van der Waals surface area contributed by atoms with E-state index >= 15 is 0 Å². The van der Waals surface area contributed by atoms with Crippen molar-refractivity contribution in [3.05, 3.63) is 249 Å². The molecule has 13 aromatic rings. The van der Waals surface area contributed by atoms with Gasteiger partial charge in [-0.1, -0.05) is 170 Å². The summed E-state index contributed by atoms with van der Waals surface area (Å²) in [6.45, 7) is 0. The lowest BCUT2D eigenvalue weighted by atomic mass is 9.91. The van der Waals surface area contributed by atoms with Crippen molar-refractivity contribution in [3.8, 4) is 55.6 Å². The lowest BCUT2D eigenvalue weighted by Gasteiger charge is -2.27. The van der Waals surface area contributed by atoms with E-state index in [4.69, 9.17) is 8.83 Å². The minimum atomic E-state index is 0.824. The molecule has 0 saturated carbocycles. The molecule has 3 nitrogen and oxygen atoms in total. The average Bonchev–Trinajstić information content (AvgIpc) is 3.97. The smallest absolute Gasteiger partial charge is 0.145 e. The highest BCUT2D eigenvalue weighted by Gasteiger charge is 2.24. The minimum absolute atomic E-state index is 0.824. The van der Waals surface area contributed by atoms with Crippen molar-refractivity contribution in [2.45, 2.75) is 0 Å². The van der Waals surface area contributed by atoms with Crippen LogP contribution >= 0.6 is 0 Å². The first-order valence-electron chi connectivity index (χ1n) is 22.8. The first-order valence-corrected chi connectivity index (χ1v) is 22.8. The standard InChI is InChI=1S/C64H41NO2/c1-5-15-42(16-6-1)49-27-32-54-55-34-31-52(41-62(55)66-60(54)39-49)65(51-29-25-46(26-30-51)58-38-48-24-14-13-23-47(48)37-57(58)45-21-11-4-12-22-45)59-36-35-53(44-19-9-3-10-20-44)64-63(59)56-33-28-50(40-61(56)67-64)43-17-7-2-8-18-43/h1-41H. The molecule has 0 saturated heterocycles. The minimum Gasteiger partial charge on any atom is -0.456 e. The van der Waals surface area contributed by atoms with Crippen LogP contribution in [0.4, 0.5) is 17.1 Å². The van der Waals surface area contributed by atoms with Crippen LogP contribution in [0.2, 0.25) is 0 Å². The summed E-state index contributed by atoms with van der Waals surface area (Å²) in [7, 11) is 0. The van der Waals surface area contributed by atoms with Gasteiger partial charge in [-0.2, -0.15) is 0 Å². The monoisotopic (exact) mass is 855 g/mol. The highest BCUT2D eigenvalue weighted by Crippen LogP contribution is 2.48. The van der Waals surface area contributed by atoms with Gasteiger partial charge in [-0.15, -0.1) is 0 Å². The number of rotatable bonds is 8. The summed E-state index contributed by atoms with van der Waals surface area (Å²) in [5.41, 5.74) is 17.7. The van der Waals surface area contributed by atoms with Crippen molar-refractivity contribution in [2.75, 3.05) is 4.90 Å². The molecule has 67 heavy (non-hydrogen) atoms. The Morgan fingerprint density at radius 2 is 0.701 bits per heavy atom. The molecule has 0 bridgehead atoms. The van der Waals surface area contributed by atoms with Crippen LogP contribution in [0.15, 0.2) is 258 Å². The van der Waals surface area contributed by atoms with Crippen molar-refractivity contribution in [1.82, 2.24) is 0 Å². The lowest BCUT2D eigenvalue weighted by Crippen LogP contribution is -2.10. The van der Waals surface area contributed by atoms with Gasteiger partial charge in [0.1, 0.15) is 22.3 Å². The van der Waals surface area contributed by atoms with E-state index in [1.807, 2.05) is 6.07 Å². The number of nitrogens with zero attached hydrogens (tertiary/aromatic N) is 1. The van der Waals surface area contributed by atoms with Crippen LogP contribution < -0.4 is 4.90 Å². The van der Waals surface area contributed by atoms with Gasteiger partial charge in [-0.05, 0) is 134 Å². The zero-order valence-corrected chi connectivity index (χ0v) is 36.4. The van der Waals surface area contributed by atoms with E-state index in [0.29, 0.717) is 0 Å². The number of furan rings is 2. The fraction of sp³-hybridized carbons (Fsp3) is 0. The summed E-state index contributed by atoms with van der Waals surface area (Å²) in [6, 6.07) is 88.7. The average molecular weight is 856 g/mol. The Morgan fingerprint density at radius 1 is 0.269 bits per heavy atom. The number of benzene rings is 11. The first kappa shape index (κ1) is 38.5. The number of anilines is 3. The summed E-state index contributed by atoms with van der Waals surface area (Å²) in [5.74, 6) is 0. The van der Waals surface area contributed by atoms with Crippen LogP contribution in [0.5, 0.6) is 0 Å². The number of hydrogen-bond donors (Lipinski definition) is 0. The van der Waals surface area contributed by atoms with Crippen LogP contribution in [0.3, 0.4) is 0 Å². The van der Waals surface area contributed by atoms with Crippen LogP contribution in [-0.4, -0.2) is 0 Å². The fourth-order valence-corrected chi connectivity index (χ4v) is 9.97. The van der Waals surface area contributed by atoms with Gasteiger partial charge in [0.05, 0.1) is 11.1 Å². The third kappa shape index (κ3) is 6.76. The zero-order valence-electron chi connectivity index (χ0n) is 36.4. The molecule has 0 radical (unpaired) electrons. The fourth-order valence-electron chi connectivity index (χ4n) is 9.97. The predicted molar refractivity (Wildman–Crippen MR) is 280 cm³/mol. The molecule has 2 aromatic heterocycles. The molecule has 3 heteroatoms. The summed E-state index contributed by atoms with van der Waals surface area (Å²) < 4.78 is 13.8. The SMILES string of the molecule is c1ccc(-c2ccc3c(c2)oc2cc(N(c4ccc(-c5cc6ccccc6cc5-c5ccccc5)cc4)c4ccc(-c5ccccc5)c5oc6cc(-c7ccccc7)ccc6c45)ccc23)cc1. The molecule has 0 aliphatic rings. The second kappa shape index (κ2) is 16.0. The second-order valence-corrected chi connectivity index (χ2v) is 17.2. The summed E-state index contributed by atoms with van der Waals surface area (Å²) in [5, 5.41) is 6.68. The first-order chi connectivity index (χ1) is 33.2. The third-order valence-corrected chi connectivity index (χ3v) is 13.3. The molecule has 2 heterocycles. The molecular formula is C64H41NO2. The topological polar surface area (TPSA) is 29.5 Å². The largest absolute Gasteiger partial charge is 0.456 e. The lowest BCUT2D eigenvalue weighted by molar-refractivity contribution is 0.669. The highest BCUT2D eigenvalue weighted by atomic mass is 16.3. The summed E-state index contributed by atoms with van der Waals surface area (Å²) >= 11 is 0. The molecule has 0 aliphatic carbocycles. The predicted octanol–water partition coefficient (Wildman–Crippen LogP) is 18.4. The third-order valence-electron chi connectivity index (χ3n) is 13.3. The van der Waals surface area contributed by atoms with E-state index in [9.17, 15) is 0 Å². The Kier molecular flexibility index (Phi) is 9.17. The Bertz CT molecular complexity index is 3950. The zero-order chi connectivity index (χ0) is 44.3. The van der Waals surface area contributed by atoms with E-state index in [2.05, 4.69) is 248 Å². The molecule has 0 atom stereocenters. The van der Waals surface area contributed by atoms with Crippen LogP contribution in [0.1, 0.15) is 0 Å².